The topological polar surface area (TPSA) is 82.5 Å². The summed E-state index contributed by atoms with van der Waals surface area (Å²) in [6, 6.07) is 0. The van der Waals surface area contributed by atoms with Crippen LogP contribution in [0, 0.1) is 4.78 Å². The molecule has 0 amide bonds. The van der Waals surface area contributed by atoms with Crippen LogP contribution in [0.4, 0.5) is 0 Å². The fraction of sp³-hybridized carbons (Fsp3) is 0. The molecule has 1 atom stereocenters. The van der Waals surface area contributed by atoms with Crippen molar-refractivity contribution in [2.75, 3.05) is 0 Å². The van der Waals surface area contributed by atoms with E-state index < -0.39 is 10.7 Å². The van der Waals surface area contributed by atoms with Crippen LogP contribution in [0.2, 0.25) is 0 Å². The number of rotatable bonds is 0. The van der Waals surface area contributed by atoms with Crippen LogP contribution in [0.15, 0.2) is 16.3 Å². The third-order valence-electron chi connectivity index (χ3n) is 0.673. The molecule has 4 N–H and O–H groups in total. The van der Waals surface area contributed by atoms with Gasteiger partial charge in [-0.15, -0.1) is 0 Å². The molecule has 0 aromatic carbocycles. The summed E-state index contributed by atoms with van der Waals surface area (Å²) in [5.41, 5.74) is 5.13. The van der Waals surface area contributed by atoms with Crippen molar-refractivity contribution in [1.29, 1.82) is 4.78 Å². The first-order chi connectivity index (χ1) is 3.70. The minimum atomic E-state index is -0.882. The molecule has 4 nitrogen and oxygen atoms in total. The molecule has 0 saturated carbocycles. The molecular weight excluding hydrogens is 126 g/mol. The highest BCUT2D eigenvalue weighted by Crippen LogP contribution is 2.03. The van der Waals surface area contributed by atoms with Gasteiger partial charge in [0.15, 0.2) is 5.17 Å². The lowest BCUT2D eigenvalue weighted by Gasteiger charge is -1.84. The lowest BCUT2D eigenvalue weighted by atomic mass is 10.9. The molecule has 0 radical (unpaired) electrons. The summed E-state index contributed by atoms with van der Waals surface area (Å²) < 4.78 is 7.00. The zero-order chi connectivity index (χ0) is 6.15. The molecule has 0 spiro atoms. The Hall–Kier alpha value is -0.840. The minimum Gasteiger partial charge on any atom is -0.493 e. The van der Waals surface area contributed by atoms with Crippen molar-refractivity contribution in [1.82, 2.24) is 0 Å². The van der Waals surface area contributed by atoms with Gasteiger partial charge in [0.2, 0.25) is 5.88 Å². The highest BCUT2D eigenvalue weighted by Gasteiger charge is 2.06. The van der Waals surface area contributed by atoms with Gasteiger partial charge in [0.25, 0.3) is 0 Å². The maximum Gasteiger partial charge on any atom is 0.221 e. The fourth-order valence-corrected chi connectivity index (χ4v) is 0.930. The largest absolute Gasteiger partial charge is 0.493 e. The summed E-state index contributed by atoms with van der Waals surface area (Å²) in [6.07, 6.45) is 0. The van der Waals surface area contributed by atoms with Crippen LogP contribution < -0.4 is 5.73 Å². The summed E-state index contributed by atoms with van der Waals surface area (Å²) in [5.74, 6) is -0.138. The SMILES string of the molecule is N=S1C=C(O)N=C1N. The van der Waals surface area contributed by atoms with Crippen molar-refractivity contribution in [3.63, 3.8) is 0 Å². The van der Waals surface area contributed by atoms with E-state index in [4.69, 9.17) is 15.6 Å². The van der Waals surface area contributed by atoms with Crippen molar-refractivity contribution in [2.45, 2.75) is 0 Å². The van der Waals surface area contributed by atoms with Gasteiger partial charge in [0.05, 0.1) is 5.41 Å². The normalized spacial score (nSPS) is 27.2. The Balaban J connectivity index is 2.95. The molecule has 0 fully saturated rings. The molecule has 5 heteroatoms. The van der Waals surface area contributed by atoms with Gasteiger partial charge >= 0.3 is 0 Å². The summed E-state index contributed by atoms with van der Waals surface area (Å²) in [5, 5.41) is 10.0. The number of nitrogens with one attached hydrogen (secondary N) is 1. The van der Waals surface area contributed by atoms with E-state index in [1.54, 1.807) is 0 Å². The van der Waals surface area contributed by atoms with Gasteiger partial charge in [0.1, 0.15) is 0 Å². The van der Waals surface area contributed by atoms with Crippen molar-refractivity contribution in [3.05, 3.63) is 11.3 Å². The molecule has 1 unspecified atom stereocenters. The van der Waals surface area contributed by atoms with E-state index in [-0.39, 0.29) is 11.1 Å². The Bertz CT molecular complexity index is 192. The molecule has 0 bridgehead atoms. The van der Waals surface area contributed by atoms with Gasteiger partial charge in [-0.1, -0.05) is 0 Å². The molecule has 44 valence electrons. The first-order valence-electron chi connectivity index (χ1n) is 1.89. The van der Waals surface area contributed by atoms with Gasteiger partial charge in [0, 0.05) is 0 Å². The third kappa shape index (κ3) is 0.717. The van der Waals surface area contributed by atoms with Gasteiger partial charge in [-0.05, 0) is 10.7 Å². The number of nitrogens with zero attached hydrogens (tertiary/aromatic N) is 1. The van der Waals surface area contributed by atoms with Gasteiger partial charge < -0.3 is 10.8 Å². The van der Waals surface area contributed by atoms with E-state index in [0.717, 1.165) is 0 Å². The molecule has 0 aromatic heterocycles. The van der Waals surface area contributed by atoms with Crippen LogP contribution in [-0.2, 0) is 10.7 Å². The smallest absolute Gasteiger partial charge is 0.221 e. The van der Waals surface area contributed by atoms with E-state index in [9.17, 15) is 0 Å². The molecule has 1 heterocycles. The van der Waals surface area contributed by atoms with E-state index in [0.29, 0.717) is 0 Å². The quantitative estimate of drug-likeness (QED) is 0.434. The second kappa shape index (κ2) is 1.59. The fourth-order valence-electron chi connectivity index (χ4n) is 0.354. The Kier molecular flexibility index (Phi) is 1.05. The number of amidine groups is 1. The minimum absolute atomic E-state index is 0.138. The number of nitrogens with two attached hydrogens (primary N) is 1. The Morgan fingerprint density at radius 2 is 2.50 bits per heavy atom. The van der Waals surface area contributed by atoms with E-state index in [1.165, 1.54) is 5.41 Å². The van der Waals surface area contributed by atoms with Crippen molar-refractivity contribution < 1.29 is 5.11 Å². The molecule has 0 aromatic rings. The zero-order valence-electron chi connectivity index (χ0n) is 3.96. The standard InChI is InChI=1S/C3H5N3OS/c4-3-6-2(7)1-8(3)5/h1,5,7H,(H2,4,6). The predicted octanol–water partition coefficient (Wildman–Crippen LogP) is 0.0523. The lowest BCUT2D eigenvalue weighted by Crippen LogP contribution is -2.11. The second-order valence-electron chi connectivity index (χ2n) is 1.26. The molecule has 8 heavy (non-hydrogen) atoms. The summed E-state index contributed by atoms with van der Waals surface area (Å²) >= 11 is 0. The van der Waals surface area contributed by atoms with Crippen LogP contribution in [-0.4, -0.2) is 10.3 Å². The van der Waals surface area contributed by atoms with E-state index >= 15 is 0 Å². The summed E-state index contributed by atoms with van der Waals surface area (Å²) in [4.78, 5) is 3.41. The lowest BCUT2D eigenvalue weighted by molar-refractivity contribution is 0.410. The molecule has 1 aliphatic heterocycles. The highest BCUT2D eigenvalue weighted by atomic mass is 32.2. The number of aliphatic imine (C=N–C) groups is 1. The Labute approximate surface area is 48.6 Å². The Morgan fingerprint density at radius 1 is 1.88 bits per heavy atom. The number of aliphatic hydroxyl groups is 1. The van der Waals surface area contributed by atoms with Crippen LogP contribution >= 0.6 is 0 Å². The maximum atomic E-state index is 8.55. The molecule has 0 aliphatic carbocycles. The Morgan fingerprint density at radius 3 is 2.62 bits per heavy atom. The third-order valence-corrected chi connectivity index (χ3v) is 1.66. The highest BCUT2D eigenvalue weighted by molar-refractivity contribution is 8.04. The predicted molar refractivity (Wildman–Crippen MR) is 32.4 cm³/mol. The van der Waals surface area contributed by atoms with Crippen LogP contribution in [0.25, 0.3) is 0 Å². The van der Waals surface area contributed by atoms with E-state index in [2.05, 4.69) is 4.99 Å². The van der Waals surface area contributed by atoms with E-state index in [1.807, 2.05) is 0 Å². The number of hydrogen-bond donors (Lipinski definition) is 3. The van der Waals surface area contributed by atoms with Crippen LogP contribution in [0.3, 0.4) is 0 Å². The molecule has 1 rings (SSSR count). The summed E-state index contributed by atoms with van der Waals surface area (Å²) in [7, 11) is -0.882. The molecule has 1 aliphatic rings. The molecular formula is C3H5N3OS. The monoisotopic (exact) mass is 131 g/mol. The van der Waals surface area contributed by atoms with Crippen LogP contribution in [0.5, 0.6) is 0 Å². The first kappa shape index (κ1) is 5.30. The average molecular weight is 131 g/mol. The van der Waals surface area contributed by atoms with Gasteiger partial charge in [-0.3, -0.25) is 4.78 Å². The summed E-state index contributed by atoms with van der Waals surface area (Å²) in [6.45, 7) is 0. The van der Waals surface area contributed by atoms with Gasteiger partial charge in [-0.25, -0.2) is 0 Å². The molecule has 0 saturated heterocycles. The van der Waals surface area contributed by atoms with Crippen molar-refractivity contribution >= 4 is 15.9 Å². The van der Waals surface area contributed by atoms with Crippen molar-refractivity contribution in [2.24, 2.45) is 10.7 Å². The number of aliphatic hydroxyl groups excluding tert-OH is 1. The maximum absolute atomic E-state index is 8.55. The van der Waals surface area contributed by atoms with Crippen LogP contribution in [0.1, 0.15) is 0 Å². The average Bonchev–Trinajstić information content (AvgIpc) is 1.85. The van der Waals surface area contributed by atoms with Gasteiger partial charge in [-0.2, -0.15) is 4.99 Å². The first-order valence-corrected chi connectivity index (χ1v) is 3.18. The second-order valence-corrected chi connectivity index (χ2v) is 2.59. The number of hydrogen-bond acceptors (Lipinski definition) is 4. The van der Waals surface area contributed by atoms with Crippen molar-refractivity contribution in [3.8, 4) is 0 Å². The zero-order valence-corrected chi connectivity index (χ0v) is 4.77.